The van der Waals surface area contributed by atoms with Crippen molar-refractivity contribution in [2.24, 2.45) is 0 Å². The number of anilines is 1. The summed E-state index contributed by atoms with van der Waals surface area (Å²) in [5, 5.41) is 3.52. The van der Waals surface area contributed by atoms with Gasteiger partial charge >= 0.3 is 5.69 Å². The van der Waals surface area contributed by atoms with Gasteiger partial charge in [-0.3, -0.25) is 9.13 Å². The first kappa shape index (κ1) is 19.3. The molecule has 1 atom stereocenters. The largest absolute Gasteiger partial charge is 0.472 e. The molecule has 0 fully saturated rings. The Labute approximate surface area is 174 Å². The third kappa shape index (κ3) is 3.31. The summed E-state index contributed by atoms with van der Waals surface area (Å²) in [4.78, 5) is 22.6. The van der Waals surface area contributed by atoms with E-state index in [4.69, 9.17) is 9.40 Å². The second-order valence-electron chi connectivity index (χ2n) is 7.16. The van der Waals surface area contributed by atoms with Crippen LogP contribution in [0.15, 0.2) is 58.1 Å². The second kappa shape index (κ2) is 7.75. The number of nitrogens with one attached hydrogen (secondary N) is 1. The molecule has 1 N–H and O–H groups in total. The van der Waals surface area contributed by atoms with Crippen LogP contribution in [-0.4, -0.2) is 25.1 Å². The summed E-state index contributed by atoms with van der Waals surface area (Å²) in [5.41, 5.74) is 2.75. The summed E-state index contributed by atoms with van der Waals surface area (Å²) in [6.07, 6.45) is 4.92. The number of furan rings is 1. The number of benzene rings is 1. The van der Waals surface area contributed by atoms with E-state index in [-0.39, 0.29) is 24.1 Å². The fourth-order valence-corrected chi connectivity index (χ4v) is 3.88. The van der Waals surface area contributed by atoms with E-state index < -0.39 is 0 Å². The van der Waals surface area contributed by atoms with Crippen LogP contribution < -0.4 is 11.0 Å². The van der Waals surface area contributed by atoms with Crippen LogP contribution >= 0.6 is 12.4 Å². The van der Waals surface area contributed by atoms with Crippen LogP contribution in [0, 0.1) is 0 Å². The number of halogens is 1. The van der Waals surface area contributed by atoms with Gasteiger partial charge in [0.1, 0.15) is 17.8 Å². The summed E-state index contributed by atoms with van der Waals surface area (Å²) >= 11 is 0. The Morgan fingerprint density at radius 3 is 2.76 bits per heavy atom. The van der Waals surface area contributed by atoms with Crippen molar-refractivity contribution in [2.75, 3.05) is 5.32 Å². The van der Waals surface area contributed by atoms with Crippen molar-refractivity contribution >= 4 is 18.2 Å². The molecule has 0 bridgehead atoms. The minimum atomic E-state index is -0.0361. The van der Waals surface area contributed by atoms with Gasteiger partial charge < -0.3 is 9.73 Å². The summed E-state index contributed by atoms with van der Waals surface area (Å²) in [7, 11) is 0. The minimum absolute atomic E-state index is 0. The standard InChI is InChI=1S/C21H21N5O2.ClH/c1-2-9-25-20-17(23-18(24-20)15-8-10-28-13-15)19-22-16(12-26(19)21(25)27)11-14-6-4-3-5-7-14;/h3-8,10,13,16,22H,2,9,11-12H2,1H3;1H/t16-;/m1./s1. The fourth-order valence-electron chi connectivity index (χ4n) is 3.88. The molecule has 0 saturated heterocycles. The quantitative estimate of drug-likeness (QED) is 0.542. The van der Waals surface area contributed by atoms with Gasteiger partial charge in [0.15, 0.2) is 11.6 Å². The van der Waals surface area contributed by atoms with Crippen LogP contribution in [0.1, 0.15) is 18.9 Å². The zero-order valence-corrected chi connectivity index (χ0v) is 16.9. The predicted molar refractivity (Wildman–Crippen MR) is 114 cm³/mol. The first-order chi connectivity index (χ1) is 13.7. The molecule has 8 heteroatoms. The zero-order valence-electron chi connectivity index (χ0n) is 16.0. The van der Waals surface area contributed by atoms with E-state index in [2.05, 4.69) is 29.4 Å². The van der Waals surface area contributed by atoms with E-state index in [1.54, 1.807) is 21.7 Å². The van der Waals surface area contributed by atoms with Crippen molar-refractivity contribution in [2.45, 2.75) is 38.9 Å². The Morgan fingerprint density at radius 2 is 2.03 bits per heavy atom. The number of aromatic nitrogens is 4. The van der Waals surface area contributed by atoms with Crippen molar-refractivity contribution < 1.29 is 4.42 Å². The van der Waals surface area contributed by atoms with Gasteiger partial charge in [0, 0.05) is 19.1 Å². The highest BCUT2D eigenvalue weighted by Gasteiger charge is 2.31. The summed E-state index contributed by atoms with van der Waals surface area (Å²) < 4.78 is 8.72. The molecule has 1 aromatic carbocycles. The van der Waals surface area contributed by atoms with E-state index in [0.717, 1.165) is 29.9 Å². The Hall–Kier alpha value is -3.06. The Kier molecular flexibility index (Phi) is 5.15. The number of hydrogen-bond donors (Lipinski definition) is 1. The first-order valence-electron chi connectivity index (χ1n) is 9.58. The predicted octanol–water partition coefficient (Wildman–Crippen LogP) is 3.67. The molecule has 1 aromatic heterocycles. The highest BCUT2D eigenvalue weighted by Crippen LogP contribution is 2.33. The lowest BCUT2D eigenvalue weighted by molar-refractivity contribution is 0.560. The van der Waals surface area contributed by atoms with Gasteiger partial charge in [-0.2, -0.15) is 0 Å². The maximum absolute atomic E-state index is 13.2. The first-order valence-corrected chi connectivity index (χ1v) is 9.58. The third-order valence-corrected chi connectivity index (χ3v) is 5.15. The molecule has 2 aromatic rings. The van der Waals surface area contributed by atoms with E-state index in [0.29, 0.717) is 24.7 Å². The number of hydrogen-bond acceptors (Lipinski definition) is 5. The van der Waals surface area contributed by atoms with Crippen LogP contribution in [0.5, 0.6) is 0 Å². The van der Waals surface area contributed by atoms with Crippen molar-refractivity contribution in [3.05, 3.63) is 65.0 Å². The van der Waals surface area contributed by atoms with Gasteiger partial charge in [-0.05, 0) is 24.5 Å². The van der Waals surface area contributed by atoms with Gasteiger partial charge in [0.2, 0.25) is 0 Å². The number of nitrogens with zero attached hydrogens (tertiary/aromatic N) is 4. The summed E-state index contributed by atoms with van der Waals surface area (Å²) in [5.74, 6) is 1.97. The maximum Gasteiger partial charge on any atom is 0.331 e. The normalized spacial score (nSPS) is 15.1. The second-order valence-corrected chi connectivity index (χ2v) is 7.16. The van der Waals surface area contributed by atoms with Crippen LogP contribution in [-0.2, 0) is 19.5 Å². The zero-order chi connectivity index (χ0) is 19.1. The van der Waals surface area contributed by atoms with Crippen molar-refractivity contribution in [3.63, 3.8) is 0 Å². The van der Waals surface area contributed by atoms with E-state index in [9.17, 15) is 4.79 Å². The molecule has 150 valence electrons. The van der Waals surface area contributed by atoms with Crippen LogP contribution in [0.3, 0.4) is 0 Å². The molecule has 0 saturated carbocycles. The van der Waals surface area contributed by atoms with Gasteiger partial charge in [-0.1, -0.05) is 37.3 Å². The van der Waals surface area contributed by atoms with E-state index >= 15 is 0 Å². The van der Waals surface area contributed by atoms with Gasteiger partial charge in [-0.15, -0.1) is 12.4 Å². The van der Waals surface area contributed by atoms with Crippen LogP contribution in [0.2, 0.25) is 0 Å². The average molecular weight is 412 g/mol. The number of fused-ring (bicyclic) bond motifs is 3. The lowest BCUT2D eigenvalue weighted by atomic mass is 10.1. The molecule has 4 heterocycles. The molecule has 0 spiro atoms. The smallest absolute Gasteiger partial charge is 0.331 e. The summed E-state index contributed by atoms with van der Waals surface area (Å²) in [6.45, 7) is 3.29. The molecule has 0 amide bonds. The van der Waals surface area contributed by atoms with Gasteiger partial charge in [0.05, 0.1) is 11.8 Å². The fraction of sp³-hybridized carbons (Fsp3) is 0.286. The molecule has 7 nitrogen and oxygen atoms in total. The molecule has 29 heavy (non-hydrogen) atoms. The number of imidazole rings is 1. The van der Waals surface area contributed by atoms with Gasteiger partial charge in [0.25, 0.3) is 0 Å². The third-order valence-electron chi connectivity index (χ3n) is 5.15. The molecule has 0 unspecified atom stereocenters. The van der Waals surface area contributed by atoms with Crippen LogP contribution in [0.25, 0.3) is 22.9 Å². The molecule has 5 rings (SSSR count). The van der Waals surface area contributed by atoms with Crippen molar-refractivity contribution in [1.82, 2.24) is 19.1 Å². The lowest BCUT2D eigenvalue weighted by Gasteiger charge is -2.13. The molecule has 3 aliphatic rings. The molecule has 3 aliphatic heterocycles. The average Bonchev–Trinajstić information content (AvgIpc) is 3.44. The summed E-state index contributed by atoms with van der Waals surface area (Å²) in [6, 6.07) is 12.3. The van der Waals surface area contributed by atoms with Crippen molar-refractivity contribution in [3.8, 4) is 22.9 Å². The van der Waals surface area contributed by atoms with E-state index in [1.807, 2.05) is 24.3 Å². The minimum Gasteiger partial charge on any atom is -0.472 e. The SMILES string of the molecule is CCCn1c2nc(-c3ccoc3)nc-2c2n(c1=O)C[C@@H](Cc1ccccc1)N2.Cl. The Morgan fingerprint density at radius 1 is 1.21 bits per heavy atom. The maximum atomic E-state index is 13.2. The topological polar surface area (TPSA) is 77.9 Å². The van der Waals surface area contributed by atoms with Gasteiger partial charge in [-0.25, -0.2) is 14.8 Å². The molecular formula is C21H22ClN5O2. The molecule has 0 aliphatic carbocycles. The molecular weight excluding hydrogens is 390 g/mol. The van der Waals surface area contributed by atoms with Crippen LogP contribution in [0.4, 0.5) is 5.82 Å². The number of rotatable bonds is 5. The monoisotopic (exact) mass is 411 g/mol. The van der Waals surface area contributed by atoms with E-state index in [1.165, 1.54) is 5.56 Å². The lowest BCUT2D eigenvalue weighted by Crippen LogP contribution is -2.32. The highest BCUT2D eigenvalue weighted by atomic mass is 35.5. The molecule has 0 radical (unpaired) electrons. The Balaban J connectivity index is 0.00000205. The Bertz CT molecular complexity index is 1130. The van der Waals surface area contributed by atoms with Crippen molar-refractivity contribution in [1.29, 1.82) is 0 Å². The highest BCUT2D eigenvalue weighted by molar-refractivity contribution is 5.85.